The molecule has 3 heteroatoms. The van der Waals surface area contributed by atoms with E-state index in [1.54, 1.807) is 0 Å². The minimum absolute atomic E-state index is 0.0216. The van der Waals surface area contributed by atoms with Crippen LogP contribution < -0.4 is 10.2 Å². The normalized spacial score (nSPS) is 16.8. The number of nitrogens with zero attached hydrogens (tertiary/aromatic N) is 2. The van der Waals surface area contributed by atoms with E-state index in [9.17, 15) is 0 Å². The van der Waals surface area contributed by atoms with Gasteiger partial charge in [-0.05, 0) is 39.8 Å². The predicted octanol–water partition coefficient (Wildman–Crippen LogP) is 2.14. The Labute approximate surface area is 97.9 Å². The molecule has 0 radical (unpaired) electrons. The second-order valence-corrected chi connectivity index (χ2v) is 4.94. The van der Waals surface area contributed by atoms with Crippen LogP contribution in [0.3, 0.4) is 0 Å². The van der Waals surface area contributed by atoms with Crippen LogP contribution in [0.25, 0.3) is 0 Å². The number of anilines is 1. The number of hydrogen-bond donors (Lipinski definition) is 1. The zero-order chi connectivity index (χ0) is 11.6. The Bertz CT molecular complexity index is 354. The van der Waals surface area contributed by atoms with Crippen LogP contribution in [0.5, 0.6) is 0 Å². The van der Waals surface area contributed by atoms with Crippen molar-refractivity contribution in [2.24, 2.45) is 0 Å². The van der Waals surface area contributed by atoms with Crippen LogP contribution >= 0.6 is 0 Å². The van der Waals surface area contributed by atoms with Crippen LogP contribution in [0, 0.1) is 0 Å². The molecule has 1 saturated heterocycles. The minimum Gasteiger partial charge on any atom is -0.356 e. The highest BCUT2D eigenvalue weighted by atomic mass is 15.2. The van der Waals surface area contributed by atoms with Gasteiger partial charge >= 0.3 is 0 Å². The molecule has 1 aromatic rings. The van der Waals surface area contributed by atoms with Crippen LogP contribution in [-0.4, -0.2) is 25.1 Å². The second kappa shape index (κ2) is 4.42. The van der Waals surface area contributed by atoms with Crippen LogP contribution in [0.15, 0.2) is 18.3 Å². The van der Waals surface area contributed by atoms with Gasteiger partial charge in [-0.3, -0.25) is 0 Å². The SMILES string of the molecule is CNC(C)(C)c1cccnc1N1CCCC1. The van der Waals surface area contributed by atoms with Crippen molar-refractivity contribution in [2.75, 3.05) is 25.0 Å². The molecule has 0 spiro atoms. The van der Waals surface area contributed by atoms with Gasteiger partial charge in [0.2, 0.25) is 0 Å². The highest BCUT2D eigenvalue weighted by molar-refractivity contribution is 5.50. The third kappa shape index (κ3) is 2.05. The molecule has 1 aliphatic rings. The summed E-state index contributed by atoms with van der Waals surface area (Å²) in [5.41, 5.74) is 1.27. The molecule has 2 rings (SSSR count). The monoisotopic (exact) mass is 219 g/mol. The Kier molecular flexibility index (Phi) is 3.15. The van der Waals surface area contributed by atoms with E-state index < -0.39 is 0 Å². The number of hydrogen-bond acceptors (Lipinski definition) is 3. The predicted molar refractivity (Wildman–Crippen MR) is 67.8 cm³/mol. The molecular weight excluding hydrogens is 198 g/mol. The molecule has 0 aromatic carbocycles. The summed E-state index contributed by atoms with van der Waals surface area (Å²) in [7, 11) is 2.00. The first-order valence-corrected chi connectivity index (χ1v) is 6.04. The van der Waals surface area contributed by atoms with E-state index in [1.807, 2.05) is 19.3 Å². The Balaban J connectivity index is 2.37. The van der Waals surface area contributed by atoms with Gasteiger partial charge in [0.15, 0.2) is 0 Å². The maximum Gasteiger partial charge on any atom is 0.133 e. The van der Waals surface area contributed by atoms with E-state index in [0.717, 1.165) is 18.9 Å². The standard InChI is InChI=1S/C13H21N3/c1-13(2,14-3)11-7-6-8-15-12(11)16-9-4-5-10-16/h6-8,14H,4-5,9-10H2,1-3H3. The molecule has 0 unspecified atom stereocenters. The molecule has 0 bridgehead atoms. The Morgan fingerprint density at radius 2 is 2.00 bits per heavy atom. The van der Waals surface area contributed by atoms with Gasteiger partial charge in [0.1, 0.15) is 5.82 Å². The quantitative estimate of drug-likeness (QED) is 0.844. The van der Waals surface area contributed by atoms with E-state index in [2.05, 4.69) is 35.1 Å². The molecule has 2 heterocycles. The van der Waals surface area contributed by atoms with Gasteiger partial charge in [0, 0.05) is 30.4 Å². The van der Waals surface area contributed by atoms with E-state index >= 15 is 0 Å². The average Bonchev–Trinajstić information content (AvgIpc) is 2.82. The molecule has 0 saturated carbocycles. The molecule has 1 aliphatic heterocycles. The number of rotatable bonds is 3. The van der Waals surface area contributed by atoms with Crippen molar-refractivity contribution in [3.05, 3.63) is 23.9 Å². The first-order chi connectivity index (χ1) is 7.65. The van der Waals surface area contributed by atoms with Gasteiger partial charge in [0.25, 0.3) is 0 Å². The Hall–Kier alpha value is -1.09. The lowest BCUT2D eigenvalue weighted by Gasteiger charge is -2.30. The highest BCUT2D eigenvalue weighted by Crippen LogP contribution is 2.29. The molecule has 16 heavy (non-hydrogen) atoms. The van der Waals surface area contributed by atoms with Gasteiger partial charge in [0.05, 0.1) is 0 Å². The average molecular weight is 219 g/mol. The lowest BCUT2D eigenvalue weighted by atomic mass is 9.95. The van der Waals surface area contributed by atoms with Gasteiger partial charge in [-0.1, -0.05) is 6.07 Å². The zero-order valence-electron chi connectivity index (χ0n) is 10.5. The van der Waals surface area contributed by atoms with Gasteiger partial charge in [-0.2, -0.15) is 0 Å². The molecule has 1 aromatic heterocycles. The fourth-order valence-corrected chi connectivity index (χ4v) is 2.20. The molecule has 0 atom stereocenters. The first kappa shape index (κ1) is 11.4. The summed E-state index contributed by atoms with van der Waals surface area (Å²) in [4.78, 5) is 6.96. The summed E-state index contributed by atoms with van der Waals surface area (Å²) in [6.45, 7) is 6.68. The van der Waals surface area contributed by atoms with Crippen molar-refractivity contribution in [3.8, 4) is 0 Å². The van der Waals surface area contributed by atoms with Crippen molar-refractivity contribution in [1.29, 1.82) is 0 Å². The summed E-state index contributed by atoms with van der Waals surface area (Å²) in [5.74, 6) is 1.15. The molecule has 0 aliphatic carbocycles. The summed E-state index contributed by atoms with van der Waals surface area (Å²) >= 11 is 0. The van der Waals surface area contributed by atoms with Crippen molar-refractivity contribution in [2.45, 2.75) is 32.2 Å². The van der Waals surface area contributed by atoms with Crippen molar-refractivity contribution < 1.29 is 0 Å². The Morgan fingerprint density at radius 3 is 2.62 bits per heavy atom. The van der Waals surface area contributed by atoms with Gasteiger partial charge in [-0.25, -0.2) is 4.98 Å². The smallest absolute Gasteiger partial charge is 0.133 e. The highest BCUT2D eigenvalue weighted by Gasteiger charge is 2.25. The lowest BCUT2D eigenvalue weighted by Crippen LogP contribution is -2.35. The van der Waals surface area contributed by atoms with Gasteiger partial charge < -0.3 is 10.2 Å². The molecule has 1 fully saturated rings. The molecule has 0 amide bonds. The summed E-state index contributed by atoms with van der Waals surface area (Å²) < 4.78 is 0. The Morgan fingerprint density at radius 1 is 1.31 bits per heavy atom. The number of nitrogens with one attached hydrogen (secondary N) is 1. The summed E-state index contributed by atoms with van der Waals surface area (Å²) in [5, 5.41) is 3.35. The van der Waals surface area contributed by atoms with E-state index in [-0.39, 0.29) is 5.54 Å². The second-order valence-electron chi connectivity index (χ2n) is 4.94. The summed E-state index contributed by atoms with van der Waals surface area (Å²) in [6, 6.07) is 4.20. The largest absolute Gasteiger partial charge is 0.356 e. The third-order valence-electron chi connectivity index (χ3n) is 3.49. The fraction of sp³-hybridized carbons (Fsp3) is 0.615. The van der Waals surface area contributed by atoms with E-state index in [1.165, 1.54) is 18.4 Å². The fourth-order valence-electron chi connectivity index (χ4n) is 2.20. The zero-order valence-corrected chi connectivity index (χ0v) is 10.5. The van der Waals surface area contributed by atoms with Crippen LogP contribution in [0.4, 0.5) is 5.82 Å². The maximum absolute atomic E-state index is 4.56. The van der Waals surface area contributed by atoms with Crippen LogP contribution in [0.1, 0.15) is 32.3 Å². The molecule has 88 valence electrons. The minimum atomic E-state index is -0.0216. The first-order valence-electron chi connectivity index (χ1n) is 6.04. The van der Waals surface area contributed by atoms with Crippen molar-refractivity contribution in [1.82, 2.24) is 10.3 Å². The van der Waals surface area contributed by atoms with Crippen LogP contribution in [-0.2, 0) is 5.54 Å². The lowest BCUT2D eigenvalue weighted by molar-refractivity contribution is 0.443. The van der Waals surface area contributed by atoms with Gasteiger partial charge in [-0.15, -0.1) is 0 Å². The van der Waals surface area contributed by atoms with Crippen molar-refractivity contribution >= 4 is 5.82 Å². The van der Waals surface area contributed by atoms with Crippen LogP contribution in [0.2, 0.25) is 0 Å². The topological polar surface area (TPSA) is 28.2 Å². The third-order valence-corrected chi connectivity index (χ3v) is 3.49. The molecule has 1 N–H and O–H groups in total. The van der Waals surface area contributed by atoms with E-state index in [4.69, 9.17) is 0 Å². The van der Waals surface area contributed by atoms with Crippen molar-refractivity contribution in [3.63, 3.8) is 0 Å². The number of pyridine rings is 1. The summed E-state index contributed by atoms with van der Waals surface area (Å²) in [6.07, 6.45) is 4.47. The molecule has 3 nitrogen and oxygen atoms in total. The molecular formula is C13H21N3. The number of aromatic nitrogens is 1. The maximum atomic E-state index is 4.56. The van der Waals surface area contributed by atoms with E-state index in [0.29, 0.717) is 0 Å².